The van der Waals surface area contributed by atoms with Crippen LogP contribution in [0, 0.1) is 0 Å². The number of nitrogens with two attached hydrogens (primary N) is 1. The average Bonchev–Trinajstić information content (AvgIpc) is 2.85. The first-order valence-electron chi connectivity index (χ1n) is 11.1. The highest BCUT2D eigenvalue weighted by Gasteiger charge is 2.41. The van der Waals surface area contributed by atoms with Crippen LogP contribution >= 0.6 is 12.4 Å². The van der Waals surface area contributed by atoms with Crippen LogP contribution in [0.4, 0.5) is 0 Å². The molecule has 1 aliphatic rings. The Bertz CT molecular complexity index is 913. The van der Waals surface area contributed by atoms with E-state index in [2.05, 4.69) is 0 Å². The van der Waals surface area contributed by atoms with Gasteiger partial charge in [-0.3, -0.25) is 0 Å². The molecule has 4 rings (SSSR count). The Kier molecular flexibility index (Phi) is 10.3. The summed E-state index contributed by atoms with van der Waals surface area (Å²) in [5, 5.41) is 0. The van der Waals surface area contributed by atoms with Gasteiger partial charge in [-0.25, -0.2) is 0 Å². The van der Waals surface area contributed by atoms with Crippen LogP contribution in [-0.2, 0) is 38.8 Å². The fourth-order valence-electron chi connectivity index (χ4n) is 3.84. The average molecular weight is 470 g/mol. The first-order chi connectivity index (χ1) is 15.8. The van der Waals surface area contributed by atoms with Gasteiger partial charge in [0.1, 0.15) is 18.3 Å². The van der Waals surface area contributed by atoms with Crippen molar-refractivity contribution in [3.8, 4) is 0 Å². The van der Waals surface area contributed by atoms with Crippen LogP contribution in [0.2, 0.25) is 0 Å². The molecule has 0 unspecified atom stereocenters. The quantitative estimate of drug-likeness (QED) is 0.473. The van der Waals surface area contributed by atoms with E-state index in [1.165, 1.54) is 0 Å². The summed E-state index contributed by atoms with van der Waals surface area (Å²) in [6.07, 6.45) is -0.889. The third-order valence-corrected chi connectivity index (χ3v) is 5.58. The minimum atomic E-state index is -0.335. The second-order valence-corrected chi connectivity index (χ2v) is 8.06. The van der Waals surface area contributed by atoms with Gasteiger partial charge in [0.2, 0.25) is 0 Å². The highest BCUT2D eigenvalue weighted by molar-refractivity contribution is 5.85. The van der Waals surface area contributed by atoms with Gasteiger partial charge in [0.15, 0.2) is 0 Å². The van der Waals surface area contributed by atoms with Crippen LogP contribution in [0.5, 0.6) is 0 Å². The van der Waals surface area contributed by atoms with Crippen LogP contribution in [0.15, 0.2) is 91.0 Å². The van der Waals surface area contributed by atoms with E-state index in [0.717, 1.165) is 16.7 Å². The maximum absolute atomic E-state index is 6.41. The van der Waals surface area contributed by atoms with Gasteiger partial charge in [0.25, 0.3) is 0 Å². The molecule has 0 aliphatic carbocycles. The van der Waals surface area contributed by atoms with Crippen molar-refractivity contribution in [3.05, 3.63) is 108 Å². The van der Waals surface area contributed by atoms with E-state index in [0.29, 0.717) is 33.0 Å². The van der Waals surface area contributed by atoms with Gasteiger partial charge >= 0.3 is 0 Å². The predicted octanol–water partition coefficient (Wildman–Crippen LogP) is 4.52. The third kappa shape index (κ3) is 7.64. The topological polar surface area (TPSA) is 62.9 Å². The summed E-state index contributed by atoms with van der Waals surface area (Å²) in [4.78, 5) is 0. The standard InChI is InChI=1S/C27H31NO4.ClH/c28-24-19-30-25(20-29-16-21-10-4-1-5-11-21)27(32-18-23-14-8-3-9-15-23)26(24)31-17-22-12-6-2-7-13-22;/h1-15,24-27H,16-20,28H2;1H/t24-,25+,26+,27-;/m0./s1. The number of benzene rings is 3. The molecule has 0 amide bonds. The van der Waals surface area contributed by atoms with Gasteiger partial charge in [-0.05, 0) is 16.7 Å². The van der Waals surface area contributed by atoms with Crippen molar-refractivity contribution in [2.45, 2.75) is 44.2 Å². The summed E-state index contributed by atoms with van der Waals surface area (Å²) in [7, 11) is 0. The molecule has 3 aromatic rings. The summed E-state index contributed by atoms with van der Waals surface area (Å²) < 4.78 is 24.7. The zero-order valence-electron chi connectivity index (χ0n) is 18.6. The van der Waals surface area contributed by atoms with Crippen LogP contribution < -0.4 is 5.73 Å². The summed E-state index contributed by atoms with van der Waals surface area (Å²) in [6.45, 7) is 2.27. The first kappa shape index (κ1) is 25.4. The monoisotopic (exact) mass is 469 g/mol. The molecule has 1 fully saturated rings. The fourth-order valence-corrected chi connectivity index (χ4v) is 3.84. The molecule has 1 heterocycles. The Hall–Kier alpha value is -2.25. The van der Waals surface area contributed by atoms with Crippen molar-refractivity contribution in [1.82, 2.24) is 0 Å². The molecule has 0 radical (unpaired) electrons. The predicted molar refractivity (Wildman–Crippen MR) is 131 cm³/mol. The second-order valence-electron chi connectivity index (χ2n) is 8.06. The second kappa shape index (κ2) is 13.5. The summed E-state index contributed by atoms with van der Waals surface area (Å²) in [6, 6.07) is 30.0. The van der Waals surface area contributed by atoms with E-state index in [1.54, 1.807) is 0 Å². The van der Waals surface area contributed by atoms with Crippen molar-refractivity contribution in [2.24, 2.45) is 5.73 Å². The number of halogens is 1. The Morgan fingerprint density at radius 3 is 1.64 bits per heavy atom. The molecule has 4 atom stereocenters. The zero-order chi connectivity index (χ0) is 22.0. The Morgan fingerprint density at radius 2 is 1.12 bits per heavy atom. The lowest BCUT2D eigenvalue weighted by molar-refractivity contribution is -0.204. The molecule has 176 valence electrons. The van der Waals surface area contributed by atoms with Crippen molar-refractivity contribution in [2.75, 3.05) is 13.2 Å². The number of hydrogen-bond donors (Lipinski definition) is 1. The van der Waals surface area contributed by atoms with Crippen molar-refractivity contribution in [1.29, 1.82) is 0 Å². The molecule has 0 saturated carbocycles. The number of rotatable bonds is 10. The van der Waals surface area contributed by atoms with Crippen LogP contribution in [0.25, 0.3) is 0 Å². The molecule has 0 aromatic heterocycles. The minimum Gasteiger partial charge on any atom is -0.374 e. The van der Waals surface area contributed by atoms with E-state index in [4.69, 9.17) is 24.7 Å². The van der Waals surface area contributed by atoms with Crippen molar-refractivity contribution in [3.63, 3.8) is 0 Å². The van der Waals surface area contributed by atoms with Crippen molar-refractivity contribution < 1.29 is 18.9 Å². The van der Waals surface area contributed by atoms with Gasteiger partial charge in [-0.1, -0.05) is 91.0 Å². The molecule has 0 spiro atoms. The Morgan fingerprint density at radius 1 is 0.667 bits per heavy atom. The molecular weight excluding hydrogens is 438 g/mol. The normalized spacial score (nSPS) is 22.5. The maximum atomic E-state index is 6.41. The lowest BCUT2D eigenvalue weighted by Crippen LogP contribution is -2.59. The highest BCUT2D eigenvalue weighted by Crippen LogP contribution is 2.24. The molecule has 2 N–H and O–H groups in total. The number of hydrogen-bond acceptors (Lipinski definition) is 5. The molecule has 3 aromatic carbocycles. The lowest BCUT2D eigenvalue weighted by Gasteiger charge is -2.41. The maximum Gasteiger partial charge on any atom is 0.114 e. The molecule has 6 heteroatoms. The Balaban J connectivity index is 0.00000306. The summed E-state index contributed by atoms with van der Waals surface area (Å²) >= 11 is 0. The molecule has 5 nitrogen and oxygen atoms in total. The molecule has 1 saturated heterocycles. The number of ether oxygens (including phenoxy) is 4. The SMILES string of the molecule is Cl.N[C@H]1CO[C@H](COCc2ccccc2)[C@H](OCc2ccccc2)[C@@H]1OCc1ccccc1. The van der Waals surface area contributed by atoms with E-state index < -0.39 is 0 Å². The van der Waals surface area contributed by atoms with Gasteiger partial charge in [0, 0.05) is 0 Å². The minimum absolute atomic E-state index is 0. The van der Waals surface area contributed by atoms with Gasteiger partial charge < -0.3 is 24.7 Å². The van der Waals surface area contributed by atoms with Crippen molar-refractivity contribution >= 4 is 12.4 Å². The van der Waals surface area contributed by atoms with E-state index in [9.17, 15) is 0 Å². The van der Waals surface area contributed by atoms with E-state index >= 15 is 0 Å². The molecule has 33 heavy (non-hydrogen) atoms. The lowest BCUT2D eigenvalue weighted by atomic mass is 9.98. The van der Waals surface area contributed by atoms with Gasteiger partial charge in [-0.15, -0.1) is 12.4 Å². The molecule has 1 aliphatic heterocycles. The van der Waals surface area contributed by atoms with Gasteiger partial charge in [-0.2, -0.15) is 0 Å². The smallest absolute Gasteiger partial charge is 0.114 e. The zero-order valence-corrected chi connectivity index (χ0v) is 19.4. The largest absolute Gasteiger partial charge is 0.374 e. The van der Waals surface area contributed by atoms with Crippen LogP contribution in [0.1, 0.15) is 16.7 Å². The molecule has 0 bridgehead atoms. The first-order valence-corrected chi connectivity index (χ1v) is 11.1. The van der Waals surface area contributed by atoms with E-state index in [1.807, 2.05) is 91.0 Å². The summed E-state index contributed by atoms with van der Waals surface area (Å²) in [5.74, 6) is 0. The van der Waals surface area contributed by atoms with Crippen LogP contribution in [-0.4, -0.2) is 37.6 Å². The van der Waals surface area contributed by atoms with Crippen LogP contribution in [0.3, 0.4) is 0 Å². The Labute approximate surface area is 202 Å². The third-order valence-electron chi connectivity index (χ3n) is 5.58. The molecular formula is C27H32ClNO4. The fraction of sp³-hybridized carbons (Fsp3) is 0.333. The van der Waals surface area contributed by atoms with E-state index in [-0.39, 0.29) is 36.8 Å². The highest BCUT2D eigenvalue weighted by atomic mass is 35.5. The van der Waals surface area contributed by atoms with Gasteiger partial charge in [0.05, 0.1) is 39.1 Å². The summed E-state index contributed by atoms with van der Waals surface area (Å²) in [5.41, 5.74) is 9.73.